The van der Waals surface area contributed by atoms with Gasteiger partial charge in [-0.3, -0.25) is 0 Å². The lowest BCUT2D eigenvalue weighted by atomic mass is 9.71. The van der Waals surface area contributed by atoms with Crippen LogP contribution < -0.4 is 0 Å². The number of hydrogen-bond acceptors (Lipinski definition) is 2. The van der Waals surface area contributed by atoms with Gasteiger partial charge in [-0.25, -0.2) is 0 Å². The summed E-state index contributed by atoms with van der Waals surface area (Å²) in [6, 6.07) is 8.10. The van der Waals surface area contributed by atoms with Crippen molar-refractivity contribution in [3.05, 3.63) is 34.5 Å². The SMILES string of the molecule is CC1C(O)CC1c1cc2cc(Br)ccc2o1. The molecule has 0 spiro atoms. The Labute approximate surface area is 102 Å². The van der Waals surface area contributed by atoms with Gasteiger partial charge >= 0.3 is 0 Å². The summed E-state index contributed by atoms with van der Waals surface area (Å²) in [6.07, 6.45) is 0.660. The third kappa shape index (κ3) is 1.50. The van der Waals surface area contributed by atoms with Crippen LogP contribution in [0.1, 0.15) is 25.0 Å². The minimum Gasteiger partial charge on any atom is -0.461 e. The first-order valence-corrected chi connectivity index (χ1v) is 6.31. The molecule has 2 aromatic rings. The average molecular weight is 281 g/mol. The zero-order valence-electron chi connectivity index (χ0n) is 8.98. The number of fused-ring (bicyclic) bond motifs is 1. The van der Waals surface area contributed by atoms with Crippen LogP contribution >= 0.6 is 15.9 Å². The number of furan rings is 1. The van der Waals surface area contributed by atoms with Crippen molar-refractivity contribution in [3.63, 3.8) is 0 Å². The second-order valence-electron chi connectivity index (χ2n) is 4.60. The largest absolute Gasteiger partial charge is 0.461 e. The topological polar surface area (TPSA) is 33.4 Å². The first kappa shape index (κ1) is 10.4. The standard InChI is InChI=1S/C13H13BrO2/c1-7-10(6-11(7)15)13-5-8-4-9(14)2-3-12(8)16-13/h2-5,7,10-11,15H,6H2,1H3. The molecule has 1 aromatic heterocycles. The minimum absolute atomic E-state index is 0.162. The molecule has 1 aliphatic rings. The molecule has 2 nitrogen and oxygen atoms in total. The van der Waals surface area contributed by atoms with E-state index >= 15 is 0 Å². The molecular formula is C13H13BrO2. The first-order chi connectivity index (χ1) is 7.65. The van der Waals surface area contributed by atoms with E-state index < -0.39 is 0 Å². The third-order valence-electron chi connectivity index (χ3n) is 3.60. The van der Waals surface area contributed by atoms with Gasteiger partial charge in [-0.2, -0.15) is 0 Å². The van der Waals surface area contributed by atoms with Gasteiger partial charge in [0.2, 0.25) is 0 Å². The van der Waals surface area contributed by atoms with Crippen LogP contribution in [-0.2, 0) is 0 Å². The lowest BCUT2D eigenvalue weighted by Gasteiger charge is -2.37. The maximum absolute atomic E-state index is 9.52. The molecule has 1 fully saturated rings. The van der Waals surface area contributed by atoms with Gasteiger partial charge in [0.15, 0.2) is 0 Å². The molecule has 0 bridgehead atoms. The number of rotatable bonds is 1. The summed E-state index contributed by atoms with van der Waals surface area (Å²) >= 11 is 3.45. The Morgan fingerprint density at radius 2 is 2.19 bits per heavy atom. The fourth-order valence-corrected chi connectivity index (χ4v) is 2.73. The predicted octanol–water partition coefficient (Wildman–Crippen LogP) is 3.68. The van der Waals surface area contributed by atoms with E-state index in [1.54, 1.807) is 0 Å². The molecule has 3 atom stereocenters. The molecule has 1 N–H and O–H groups in total. The van der Waals surface area contributed by atoms with E-state index in [0.29, 0.717) is 11.8 Å². The van der Waals surface area contributed by atoms with Gasteiger partial charge in [0, 0.05) is 15.8 Å². The number of halogens is 1. The molecule has 0 aliphatic heterocycles. The molecule has 1 aliphatic carbocycles. The van der Waals surface area contributed by atoms with Crippen molar-refractivity contribution in [2.24, 2.45) is 5.92 Å². The van der Waals surface area contributed by atoms with Gasteiger partial charge < -0.3 is 9.52 Å². The van der Waals surface area contributed by atoms with Crippen LogP contribution in [0.2, 0.25) is 0 Å². The van der Waals surface area contributed by atoms with E-state index in [1.165, 1.54) is 0 Å². The Balaban J connectivity index is 2.00. The van der Waals surface area contributed by atoms with Crippen molar-refractivity contribution in [1.29, 1.82) is 0 Å². The summed E-state index contributed by atoms with van der Waals surface area (Å²) in [7, 11) is 0. The van der Waals surface area contributed by atoms with Crippen LogP contribution in [0.3, 0.4) is 0 Å². The van der Waals surface area contributed by atoms with Crippen LogP contribution in [0.4, 0.5) is 0 Å². The van der Waals surface area contributed by atoms with Crippen LogP contribution in [0.5, 0.6) is 0 Å². The summed E-state index contributed by atoms with van der Waals surface area (Å²) in [4.78, 5) is 0. The van der Waals surface area contributed by atoms with Gasteiger partial charge in [-0.15, -0.1) is 0 Å². The molecule has 3 unspecified atom stereocenters. The Morgan fingerprint density at radius 3 is 2.88 bits per heavy atom. The molecule has 3 rings (SSSR count). The molecule has 1 aromatic carbocycles. The van der Waals surface area contributed by atoms with Gasteiger partial charge in [0.05, 0.1) is 6.10 Å². The third-order valence-corrected chi connectivity index (χ3v) is 4.09. The van der Waals surface area contributed by atoms with Crippen molar-refractivity contribution in [3.8, 4) is 0 Å². The zero-order valence-corrected chi connectivity index (χ0v) is 10.6. The van der Waals surface area contributed by atoms with Gasteiger partial charge in [0.25, 0.3) is 0 Å². The number of hydrogen-bond donors (Lipinski definition) is 1. The van der Waals surface area contributed by atoms with Crippen molar-refractivity contribution < 1.29 is 9.52 Å². The quantitative estimate of drug-likeness (QED) is 0.865. The number of aliphatic hydroxyl groups excluding tert-OH is 1. The Kier molecular flexibility index (Phi) is 2.33. The smallest absolute Gasteiger partial charge is 0.134 e. The van der Waals surface area contributed by atoms with Crippen LogP contribution in [0.15, 0.2) is 33.2 Å². The summed E-state index contributed by atoms with van der Waals surface area (Å²) in [5, 5.41) is 10.6. The van der Waals surface area contributed by atoms with Gasteiger partial charge in [-0.1, -0.05) is 22.9 Å². The summed E-state index contributed by atoms with van der Waals surface area (Å²) in [5.74, 6) is 1.69. The normalized spacial score (nSPS) is 29.3. The summed E-state index contributed by atoms with van der Waals surface area (Å²) in [6.45, 7) is 2.07. The van der Waals surface area contributed by atoms with Gasteiger partial charge in [-0.05, 0) is 36.6 Å². The van der Waals surface area contributed by atoms with Crippen molar-refractivity contribution in [1.82, 2.24) is 0 Å². The molecule has 0 saturated heterocycles. The predicted molar refractivity (Wildman–Crippen MR) is 66.4 cm³/mol. The molecular weight excluding hydrogens is 268 g/mol. The molecule has 1 heterocycles. The molecule has 16 heavy (non-hydrogen) atoms. The zero-order chi connectivity index (χ0) is 11.3. The number of benzene rings is 1. The Bertz CT molecular complexity index is 532. The van der Waals surface area contributed by atoms with E-state index in [1.807, 2.05) is 12.1 Å². The van der Waals surface area contributed by atoms with Crippen molar-refractivity contribution >= 4 is 26.9 Å². The van der Waals surface area contributed by atoms with E-state index in [2.05, 4.69) is 35.0 Å². The second-order valence-corrected chi connectivity index (χ2v) is 5.52. The highest BCUT2D eigenvalue weighted by Gasteiger charge is 2.39. The first-order valence-electron chi connectivity index (χ1n) is 5.52. The average Bonchev–Trinajstić information content (AvgIpc) is 2.67. The van der Waals surface area contributed by atoms with E-state index in [4.69, 9.17) is 4.42 Å². The van der Waals surface area contributed by atoms with E-state index in [9.17, 15) is 5.11 Å². The molecule has 0 amide bonds. The lowest BCUT2D eigenvalue weighted by Crippen LogP contribution is -2.37. The highest BCUT2D eigenvalue weighted by molar-refractivity contribution is 9.10. The number of aliphatic hydroxyl groups is 1. The summed E-state index contributed by atoms with van der Waals surface area (Å²) < 4.78 is 6.88. The van der Waals surface area contributed by atoms with E-state index in [0.717, 1.165) is 27.6 Å². The fraction of sp³-hybridized carbons (Fsp3) is 0.385. The maximum Gasteiger partial charge on any atom is 0.134 e. The van der Waals surface area contributed by atoms with Gasteiger partial charge in [0.1, 0.15) is 11.3 Å². The second kappa shape index (κ2) is 3.60. The highest BCUT2D eigenvalue weighted by Crippen LogP contribution is 2.44. The monoisotopic (exact) mass is 280 g/mol. The minimum atomic E-state index is -0.162. The molecule has 3 heteroatoms. The Morgan fingerprint density at radius 1 is 1.38 bits per heavy atom. The fourth-order valence-electron chi connectivity index (χ4n) is 2.35. The lowest BCUT2D eigenvalue weighted by molar-refractivity contribution is 0.00489. The van der Waals surface area contributed by atoms with E-state index in [-0.39, 0.29) is 6.10 Å². The molecule has 1 saturated carbocycles. The summed E-state index contributed by atoms with van der Waals surface area (Å²) in [5.41, 5.74) is 0.923. The van der Waals surface area contributed by atoms with Crippen LogP contribution in [0.25, 0.3) is 11.0 Å². The Hall–Kier alpha value is -0.800. The molecule has 84 valence electrons. The van der Waals surface area contributed by atoms with Crippen molar-refractivity contribution in [2.75, 3.05) is 0 Å². The van der Waals surface area contributed by atoms with Crippen LogP contribution in [0, 0.1) is 5.92 Å². The molecule has 0 radical (unpaired) electrons. The highest BCUT2D eigenvalue weighted by atomic mass is 79.9. The maximum atomic E-state index is 9.52. The van der Waals surface area contributed by atoms with Crippen LogP contribution in [-0.4, -0.2) is 11.2 Å². The van der Waals surface area contributed by atoms with Crippen molar-refractivity contribution in [2.45, 2.75) is 25.4 Å².